The van der Waals surface area contributed by atoms with Gasteiger partial charge in [-0.05, 0) is 0 Å². The molecule has 7 heteroatoms. The fourth-order valence-corrected chi connectivity index (χ4v) is 1.18. The molecule has 2 aromatic carbocycles. The molecule has 0 saturated carbocycles. The fourth-order valence-electron chi connectivity index (χ4n) is 1.18. The molecule has 21 heavy (non-hydrogen) atoms. The summed E-state index contributed by atoms with van der Waals surface area (Å²) in [6, 6.07) is 16.3. The first-order valence-corrected chi connectivity index (χ1v) is 5.06. The zero-order valence-corrected chi connectivity index (χ0v) is 33.0. The van der Waals surface area contributed by atoms with Crippen molar-refractivity contribution in [2.75, 3.05) is 0 Å². The summed E-state index contributed by atoms with van der Waals surface area (Å²) >= 11 is 0. The summed E-state index contributed by atoms with van der Waals surface area (Å²) in [5.74, 6) is 0. The third kappa shape index (κ3) is 22.6. The van der Waals surface area contributed by atoms with Gasteiger partial charge in [0.05, 0.1) is 0 Å². The molecule has 0 amide bonds. The van der Waals surface area contributed by atoms with Gasteiger partial charge >= 0.3 is 0 Å². The zero-order chi connectivity index (χ0) is 10.4. The Morgan fingerprint density at radius 1 is 0.810 bits per heavy atom. The predicted octanol–water partition coefficient (Wildman–Crippen LogP) is 4.15. The standard InChI is InChI=1S/C11H8.C3H8.7Y/c1-9-6-7-10-4-2-3-5-11(10)8-9;1-3-2;;;;;;;/h3-5,7-8H,1H3;3H2,1-2H3;;;;;;;/q-2;;;;;;;;. The molecule has 0 bridgehead atoms. The maximum Gasteiger partial charge on any atom is 0 e. The van der Waals surface area contributed by atoms with E-state index < -0.39 is 0 Å². The second-order valence-corrected chi connectivity index (χ2v) is 3.38. The van der Waals surface area contributed by atoms with E-state index in [-0.39, 0.29) is 229 Å². The van der Waals surface area contributed by atoms with Crippen LogP contribution in [0.2, 0.25) is 0 Å². The van der Waals surface area contributed by atoms with Gasteiger partial charge in [-0.2, -0.15) is 58.8 Å². The van der Waals surface area contributed by atoms with Crippen LogP contribution < -0.4 is 0 Å². The molecule has 0 N–H and O–H groups in total. The van der Waals surface area contributed by atoms with E-state index in [9.17, 15) is 0 Å². The Kier molecular flexibility index (Phi) is 68.1. The van der Waals surface area contributed by atoms with Crippen molar-refractivity contribution in [3.05, 3.63) is 48.0 Å². The molecular formula is C14H16Y7-2. The molecule has 0 aromatic heterocycles. The fraction of sp³-hybridized carbons (Fsp3) is 0.286. The van der Waals surface area contributed by atoms with E-state index >= 15 is 0 Å². The van der Waals surface area contributed by atoms with Crippen LogP contribution in [-0.2, 0) is 229 Å². The van der Waals surface area contributed by atoms with Crippen LogP contribution in [-0.4, -0.2) is 0 Å². The number of fused-ring (bicyclic) bond motifs is 1. The normalized spacial score (nSPS) is 6.24. The van der Waals surface area contributed by atoms with Crippen LogP contribution in [0.15, 0.2) is 30.3 Å². The van der Waals surface area contributed by atoms with Crippen LogP contribution >= 0.6 is 0 Å². The second kappa shape index (κ2) is 31.1. The van der Waals surface area contributed by atoms with Crippen LogP contribution in [0.1, 0.15) is 25.8 Å². The molecule has 95 valence electrons. The Bertz CT molecular complexity index is 407. The zero-order valence-electron chi connectivity index (χ0n) is 13.1. The number of rotatable bonds is 0. The van der Waals surface area contributed by atoms with Crippen molar-refractivity contribution in [1.82, 2.24) is 0 Å². The number of hydrogen-bond donors (Lipinski definition) is 0. The summed E-state index contributed by atoms with van der Waals surface area (Å²) in [6.45, 7) is 6.30. The molecule has 0 heterocycles. The van der Waals surface area contributed by atoms with Crippen LogP contribution in [0.3, 0.4) is 0 Å². The van der Waals surface area contributed by atoms with Gasteiger partial charge in [0.15, 0.2) is 0 Å². The molecule has 0 aliphatic heterocycles. The summed E-state index contributed by atoms with van der Waals surface area (Å²) in [4.78, 5) is 0. The number of aryl methyl sites for hydroxylation is 1. The predicted molar refractivity (Wildman–Crippen MR) is 62.3 cm³/mol. The van der Waals surface area contributed by atoms with Gasteiger partial charge in [0.2, 0.25) is 0 Å². The number of hydrogen-bond acceptors (Lipinski definition) is 0. The Morgan fingerprint density at radius 2 is 1.29 bits per heavy atom. The topological polar surface area (TPSA) is 0 Å². The van der Waals surface area contributed by atoms with Gasteiger partial charge in [0.1, 0.15) is 0 Å². The van der Waals surface area contributed by atoms with Gasteiger partial charge in [-0.3, -0.25) is 0 Å². The smallest absolute Gasteiger partial charge is 0 e. The molecule has 2 rings (SSSR count). The van der Waals surface area contributed by atoms with Crippen LogP contribution in [0.5, 0.6) is 0 Å². The molecule has 0 aliphatic rings. The molecule has 0 unspecified atom stereocenters. The third-order valence-corrected chi connectivity index (χ3v) is 1.76. The molecule has 2 aromatic rings. The van der Waals surface area contributed by atoms with E-state index in [2.05, 4.69) is 45.0 Å². The van der Waals surface area contributed by atoms with Crippen molar-refractivity contribution < 1.29 is 229 Å². The van der Waals surface area contributed by atoms with Crippen LogP contribution in [0.25, 0.3) is 10.8 Å². The molecule has 0 atom stereocenters. The summed E-state index contributed by atoms with van der Waals surface area (Å²) < 4.78 is 0. The Labute approximate surface area is 306 Å². The molecule has 0 aliphatic carbocycles. The first-order valence-electron chi connectivity index (χ1n) is 5.06. The maximum atomic E-state index is 3.15. The molecule has 0 fully saturated rings. The molecule has 0 saturated heterocycles. The van der Waals surface area contributed by atoms with E-state index in [0.29, 0.717) is 0 Å². The Hall–Kier alpha value is 6.43. The van der Waals surface area contributed by atoms with Crippen molar-refractivity contribution in [2.45, 2.75) is 27.2 Å². The summed E-state index contributed by atoms with van der Waals surface area (Å²) in [5, 5.41) is 2.47. The minimum absolute atomic E-state index is 0. The first-order chi connectivity index (χ1) is 6.77. The van der Waals surface area contributed by atoms with Gasteiger partial charge in [-0.25, -0.2) is 0 Å². The van der Waals surface area contributed by atoms with E-state index in [4.69, 9.17) is 0 Å². The van der Waals surface area contributed by atoms with Crippen molar-refractivity contribution in [3.63, 3.8) is 0 Å². The minimum Gasteiger partial charge on any atom is -0.185 e. The van der Waals surface area contributed by atoms with E-state index in [1.165, 1.54) is 22.8 Å². The SMILES string of the molecule is CCC.Cc1[c-]cc2c[c-]ccc2c1.[Y].[Y].[Y].[Y].[Y].[Y].[Y]. The monoisotopic (exact) mass is 806 g/mol. The molecule has 0 spiro atoms. The third-order valence-electron chi connectivity index (χ3n) is 1.76. The molecule has 0 nitrogen and oxygen atoms in total. The first kappa shape index (κ1) is 45.9. The molecular weight excluding hydrogens is 790 g/mol. The van der Waals surface area contributed by atoms with E-state index in [1.54, 1.807) is 0 Å². The van der Waals surface area contributed by atoms with Gasteiger partial charge < -0.3 is 0 Å². The van der Waals surface area contributed by atoms with Crippen molar-refractivity contribution in [1.29, 1.82) is 0 Å². The van der Waals surface area contributed by atoms with Gasteiger partial charge in [0, 0.05) is 229 Å². The average molecular weight is 807 g/mol. The van der Waals surface area contributed by atoms with Crippen LogP contribution in [0, 0.1) is 19.1 Å². The largest absolute Gasteiger partial charge is 0.185 e. The van der Waals surface area contributed by atoms with Crippen molar-refractivity contribution in [2.24, 2.45) is 0 Å². The summed E-state index contributed by atoms with van der Waals surface area (Å²) in [5.41, 5.74) is 1.18. The van der Waals surface area contributed by atoms with Gasteiger partial charge in [-0.1, -0.05) is 27.2 Å². The van der Waals surface area contributed by atoms with Gasteiger partial charge in [-0.15, -0.1) is 0 Å². The Morgan fingerprint density at radius 3 is 1.76 bits per heavy atom. The van der Waals surface area contributed by atoms with Gasteiger partial charge in [0.25, 0.3) is 0 Å². The van der Waals surface area contributed by atoms with E-state index in [1.807, 2.05) is 18.2 Å². The number of benzene rings is 2. The average Bonchev–Trinajstić information content (AvgIpc) is 2.19. The summed E-state index contributed by atoms with van der Waals surface area (Å²) in [7, 11) is 0. The van der Waals surface area contributed by atoms with Crippen molar-refractivity contribution >= 4 is 10.8 Å². The maximum absolute atomic E-state index is 3.15. The van der Waals surface area contributed by atoms with Crippen molar-refractivity contribution in [3.8, 4) is 0 Å². The molecule has 7 radical (unpaired) electrons. The Balaban J connectivity index is -0.0000000367. The van der Waals surface area contributed by atoms with Crippen LogP contribution in [0.4, 0.5) is 0 Å². The quantitative estimate of drug-likeness (QED) is 0.352. The summed E-state index contributed by atoms with van der Waals surface area (Å²) in [6.07, 6.45) is 1.25. The van der Waals surface area contributed by atoms with E-state index in [0.717, 1.165) is 0 Å². The second-order valence-electron chi connectivity index (χ2n) is 3.38. The minimum atomic E-state index is 0.